The van der Waals surface area contributed by atoms with Crippen LogP contribution in [0.4, 0.5) is 5.82 Å². The van der Waals surface area contributed by atoms with Crippen LogP contribution in [0.2, 0.25) is 10.0 Å². The highest BCUT2D eigenvalue weighted by Crippen LogP contribution is 2.48. The molecule has 0 spiro atoms. The van der Waals surface area contributed by atoms with Crippen molar-refractivity contribution in [1.29, 1.82) is 5.26 Å². The lowest BCUT2D eigenvalue weighted by atomic mass is 9.84. The van der Waals surface area contributed by atoms with Crippen LogP contribution in [0.15, 0.2) is 36.8 Å². The Morgan fingerprint density at radius 1 is 1.15 bits per heavy atom. The first kappa shape index (κ1) is 32.6. The predicted molar refractivity (Wildman–Crippen MR) is 181 cm³/mol. The van der Waals surface area contributed by atoms with E-state index in [9.17, 15) is 9.83 Å². The molecule has 3 aromatic heterocycles. The van der Waals surface area contributed by atoms with Gasteiger partial charge in [0.2, 0.25) is 0 Å². The average Bonchev–Trinajstić information content (AvgIpc) is 3.37. The quantitative estimate of drug-likeness (QED) is 0.162. The molecule has 6 rings (SSSR count). The Balaban J connectivity index is 1.41. The van der Waals surface area contributed by atoms with Crippen LogP contribution in [-0.2, 0) is 9.30 Å². The van der Waals surface area contributed by atoms with Gasteiger partial charge in [-0.1, -0.05) is 30.1 Å². The predicted octanol–water partition coefficient (Wildman–Crippen LogP) is 7.97. The molecule has 0 aliphatic carbocycles. The standard InChI is InChI=1S/C33H37Cl2N6O4P/c1-20(30-24(34)15-37-16-25(30)35)45-28-11-23-26(12-27(28)43-3)41(29-8-6-7-9-44-29)39-31(23)22-10-21(13-36)32(38-14-22)40-17-33(2,18-40)19-46(4,5)42/h10-12,14-16,20,29H,6-9,17-19H2,1-5H3/t20-,29?/m1/s1. The Bertz CT molecular complexity index is 1850. The summed E-state index contributed by atoms with van der Waals surface area (Å²) in [7, 11) is -0.591. The third-order valence-electron chi connectivity index (χ3n) is 8.49. The van der Waals surface area contributed by atoms with E-state index >= 15 is 0 Å². The van der Waals surface area contributed by atoms with Crippen LogP contribution in [0.3, 0.4) is 0 Å². The van der Waals surface area contributed by atoms with Gasteiger partial charge >= 0.3 is 0 Å². The number of hydrogen-bond acceptors (Lipinski definition) is 9. The number of anilines is 1. The monoisotopic (exact) mass is 682 g/mol. The van der Waals surface area contributed by atoms with Crippen molar-refractivity contribution in [3.8, 4) is 28.8 Å². The minimum Gasteiger partial charge on any atom is -0.493 e. The molecule has 5 heterocycles. The molecule has 2 aliphatic rings. The number of halogens is 2. The fourth-order valence-electron chi connectivity index (χ4n) is 6.77. The molecular weight excluding hydrogens is 646 g/mol. The summed E-state index contributed by atoms with van der Waals surface area (Å²) in [5.74, 6) is 1.61. The van der Waals surface area contributed by atoms with Crippen LogP contribution in [0.1, 0.15) is 56.6 Å². The smallest absolute Gasteiger partial charge is 0.162 e. The molecule has 0 saturated carbocycles. The number of rotatable bonds is 9. The van der Waals surface area contributed by atoms with E-state index in [1.165, 1.54) is 12.4 Å². The number of pyridine rings is 2. The van der Waals surface area contributed by atoms with E-state index in [1.807, 2.05) is 43.1 Å². The molecule has 2 saturated heterocycles. The van der Waals surface area contributed by atoms with Gasteiger partial charge in [-0.3, -0.25) is 4.98 Å². The van der Waals surface area contributed by atoms with E-state index in [0.717, 1.165) is 30.2 Å². The van der Waals surface area contributed by atoms with Gasteiger partial charge < -0.3 is 23.7 Å². The lowest BCUT2D eigenvalue weighted by Gasteiger charge is -2.49. The van der Waals surface area contributed by atoms with Crippen LogP contribution in [-0.4, -0.2) is 66.0 Å². The van der Waals surface area contributed by atoms with Crippen LogP contribution in [0.25, 0.3) is 22.2 Å². The van der Waals surface area contributed by atoms with Gasteiger partial charge in [0.05, 0.1) is 35.4 Å². The molecule has 2 aliphatic heterocycles. The Hall–Kier alpha value is -3.35. The summed E-state index contributed by atoms with van der Waals surface area (Å²) in [4.78, 5) is 10.9. The molecule has 242 valence electrons. The second-order valence-electron chi connectivity index (χ2n) is 13.0. The van der Waals surface area contributed by atoms with Gasteiger partial charge in [0.25, 0.3) is 0 Å². The van der Waals surface area contributed by atoms with Gasteiger partial charge in [0.1, 0.15) is 23.7 Å². The number of nitrogens with zero attached hydrogens (tertiary/aromatic N) is 6. The van der Waals surface area contributed by atoms with Gasteiger partial charge in [-0.2, -0.15) is 10.4 Å². The largest absolute Gasteiger partial charge is 0.493 e. The minimum atomic E-state index is -2.18. The molecular formula is C33H37Cl2N6O4P. The van der Waals surface area contributed by atoms with Crippen molar-refractivity contribution in [3.05, 3.63) is 58.0 Å². The fraction of sp³-hybridized carbons (Fsp3) is 0.455. The van der Waals surface area contributed by atoms with Crippen molar-refractivity contribution in [1.82, 2.24) is 19.7 Å². The van der Waals surface area contributed by atoms with E-state index in [4.69, 9.17) is 47.5 Å². The lowest BCUT2D eigenvalue weighted by molar-refractivity contribution is -0.0365. The Morgan fingerprint density at radius 2 is 1.89 bits per heavy atom. The molecule has 0 radical (unpaired) electrons. The van der Waals surface area contributed by atoms with Crippen LogP contribution >= 0.6 is 30.3 Å². The molecule has 0 N–H and O–H groups in total. The highest BCUT2D eigenvalue weighted by Gasteiger charge is 2.42. The molecule has 2 atom stereocenters. The number of methoxy groups -OCH3 is 1. The third kappa shape index (κ3) is 6.44. The van der Waals surface area contributed by atoms with Crippen molar-refractivity contribution in [2.45, 2.75) is 45.4 Å². The van der Waals surface area contributed by atoms with Gasteiger partial charge in [-0.25, -0.2) is 9.67 Å². The number of hydrogen-bond donors (Lipinski definition) is 0. The number of benzene rings is 1. The summed E-state index contributed by atoms with van der Waals surface area (Å²) in [6.45, 7) is 9.69. The van der Waals surface area contributed by atoms with Crippen molar-refractivity contribution < 1.29 is 18.8 Å². The fourth-order valence-corrected chi connectivity index (χ4v) is 9.48. The maximum atomic E-state index is 12.5. The maximum Gasteiger partial charge on any atom is 0.162 e. The Morgan fingerprint density at radius 3 is 2.52 bits per heavy atom. The molecule has 46 heavy (non-hydrogen) atoms. The molecule has 2 fully saturated rings. The molecule has 13 heteroatoms. The Labute approximate surface area is 278 Å². The van der Waals surface area contributed by atoms with E-state index in [-0.39, 0.29) is 11.6 Å². The van der Waals surface area contributed by atoms with Crippen LogP contribution in [0.5, 0.6) is 11.5 Å². The van der Waals surface area contributed by atoms with E-state index in [0.29, 0.717) is 75.6 Å². The van der Waals surface area contributed by atoms with E-state index < -0.39 is 13.2 Å². The molecule has 0 bridgehead atoms. The number of fused-ring (bicyclic) bond motifs is 1. The number of nitriles is 1. The molecule has 10 nitrogen and oxygen atoms in total. The van der Waals surface area contributed by atoms with Crippen LogP contribution in [0, 0.1) is 16.7 Å². The molecule has 1 unspecified atom stereocenters. The summed E-state index contributed by atoms with van der Waals surface area (Å²) >= 11 is 12.9. The summed E-state index contributed by atoms with van der Waals surface area (Å²) in [6.07, 6.45) is 7.58. The zero-order valence-electron chi connectivity index (χ0n) is 26.6. The average molecular weight is 684 g/mol. The summed E-state index contributed by atoms with van der Waals surface area (Å²) in [5.41, 5.74) is 3.15. The van der Waals surface area contributed by atoms with Crippen molar-refractivity contribution in [2.24, 2.45) is 5.41 Å². The van der Waals surface area contributed by atoms with E-state index in [1.54, 1.807) is 13.3 Å². The molecule has 4 aromatic rings. The van der Waals surface area contributed by atoms with Gasteiger partial charge in [0.15, 0.2) is 17.7 Å². The van der Waals surface area contributed by atoms with Crippen molar-refractivity contribution in [2.75, 3.05) is 51.2 Å². The summed E-state index contributed by atoms with van der Waals surface area (Å²) < 4.78 is 32.8. The summed E-state index contributed by atoms with van der Waals surface area (Å²) in [5, 5.41) is 16.8. The summed E-state index contributed by atoms with van der Waals surface area (Å²) in [6, 6.07) is 7.97. The second-order valence-corrected chi connectivity index (χ2v) is 17.3. The SMILES string of the molecule is COc1cc2c(cc1O[C@H](C)c1c(Cl)cncc1Cl)c(-c1cnc(N3CC(C)(CP(C)(C)=O)C3)c(C#N)c1)nn2C1CCCCO1. The Kier molecular flexibility index (Phi) is 8.99. The van der Waals surface area contributed by atoms with Gasteiger partial charge in [-0.05, 0) is 51.6 Å². The normalized spacial score (nSPS) is 18.6. The van der Waals surface area contributed by atoms with E-state index in [2.05, 4.69) is 22.9 Å². The zero-order chi connectivity index (χ0) is 32.8. The zero-order valence-corrected chi connectivity index (χ0v) is 29.0. The van der Waals surface area contributed by atoms with Gasteiger partial charge in [0, 0.05) is 72.4 Å². The molecule has 0 amide bonds. The van der Waals surface area contributed by atoms with Gasteiger partial charge in [-0.15, -0.1) is 0 Å². The maximum absolute atomic E-state index is 12.5. The first-order valence-corrected chi connectivity index (χ1v) is 18.8. The van der Waals surface area contributed by atoms with Crippen LogP contribution < -0.4 is 14.4 Å². The second kappa shape index (κ2) is 12.7. The first-order valence-electron chi connectivity index (χ1n) is 15.3. The van der Waals surface area contributed by atoms with Crippen molar-refractivity contribution in [3.63, 3.8) is 0 Å². The molecule has 1 aromatic carbocycles. The number of aromatic nitrogens is 4. The first-order chi connectivity index (χ1) is 21.9. The van der Waals surface area contributed by atoms with Crippen molar-refractivity contribution >= 4 is 47.1 Å². The highest BCUT2D eigenvalue weighted by molar-refractivity contribution is 7.62. The lowest BCUT2D eigenvalue weighted by Crippen LogP contribution is -2.57. The highest BCUT2D eigenvalue weighted by atomic mass is 35.5. The number of ether oxygens (including phenoxy) is 3. The third-order valence-corrected chi connectivity index (χ3v) is 10.6. The minimum absolute atomic E-state index is 0.0710. The topological polar surface area (TPSA) is 115 Å².